The van der Waals surface area contributed by atoms with Crippen LogP contribution in [-0.2, 0) is 12.8 Å². The number of methoxy groups -OCH3 is 1. The van der Waals surface area contributed by atoms with Gasteiger partial charge in [0.05, 0.1) is 7.11 Å². The van der Waals surface area contributed by atoms with Crippen molar-refractivity contribution in [3.8, 4) is 17.2 Å². The molecule has 1 aliphatic carbocycles. The van der Waals surface area contributed by atoms with Gasteiger partial charge in [-0.2, -0.15) is 0 Å². The van der Waals surface area contributed by atoms with Gasteiger partial charge in [0.2, 0.25) is 0 Å². The molecule has 31 heavy (non-hydrogen) atoms. The number of amides is 3. The molecule has 0 spiro atoms. The van der Waals surface area contributed by atoms with E-state index in [-0.39, 0.29) is 11.7 Å². The lowest BCUT2D eigenvalue weighted by Gasteiger charge is -2.13. The quantitative estimate of drug-likeness (QED) is 0.557. The summed E-state index contributed by atoms with van der Waals surface area (Å²) in [5, 5.41) is 5.65. The summed E-state index contributed by atoms with van der Waals surface area (Å²) < 4.78 is 11.2. The van der Waals surface area contributed by atoms with Gasteiger partial charge in [-0.1, -0.05) is 6.07 Å². The lowest BCUT2D eigenvalue weighted by molar-refractivity contribution is 0.0995. The maximum Gasteiger partial charge on any atom is 0.323 e. The largest absolute Gasteiger partial charge is 0.493 e. The molecular formula is C23H22N4O4. The molecule has 4 rings (SSSR count). The summed E-state index contributed by atoms with van der Waals surface area (Å²) in [6, 6.07) is 13.7. The Morgan fingerprint density at radius 3 is 2.45 bits per heavy atom. The molecule has 0 radical (unpaired) electrons. The second-order valence-corrected chi connectivity index (χ2v) is 7.12. The average molecular weight is 418 g/mol. The number of carbonyl (C=O) groups is 2. The van der Waals surface area contributed by atoms with Crippen LogP contribution in [0.2, 0.25) is 0 Å². The van der Waals surface area contributed by atoms with Crippen LogP contribution in [0.4, 0.5) is 16.2 Å². The van der Waals surface area contributed by atoms with E-state index in [2.05, 4.69) is 21.7 Å². The molecule has 8 heteroatoms. The molecule has 1 heterocycles. The van der Waals surface area contributed by atoms with Crippen molar-refractivity contribution in [3.63, 3.8) is 0 Å². The summed E-state index contributed by atoms with van der Waals surface area (Å²) in [4.78, 5) is 27.6. The van der Waals surface area contributed by atoms with Gasteiger partial charge >= 0.3 is 6.03 Å². The molecule has 0 bridgehead atoms. The number of urea groups is 1. The van der Waals surface area contributed by atoms with Crippen molar-refractivity contribution >= 4 is 23.3 Å². The Morgan fingerprint density at radius 2 is 1.68 bits per heavy atom. The van der Waals surface area contributed by atoms with Crippen molar-refractivity contribution in [2.24, 2.45) is 5.73 Å². The molecule has 1 aromatic heterocycles. The SMILES string of the molecule is COc1cc(NC(=O)Nc2ccc3c(c2)CCC3)ccc1Oc1ccnc(C(N)=O)c1. The zero-order valence-corrected chi connectivity index (χ0v) is 17.0. The van der Waals surface area contributed by atoms with Gasteiger partial charge in [-0.25, -0.2) is 4.79 Å². The number of aryl methyl sites for hydroxylation is 2. The molecule has 3 amide bonds. The van der Waals surface area contributed by atoms with E-state index >= 15 is 0 Å². The Balaban J connectivity index is 1.44. The van der Waals surface area contributed by atoms with Crippen LogP contribution in [-0.4, -0.2) is 24.0 Å². The standard InChI is InChI=1S/C23H22N4O4/c1-30-21-12-17(7-8-20(21)31-18-9-10-25-19(13-18)22(24)28)27-23(29)26-16-6-5-14-3-2-4-15(14)11-16/h5-13H,2-4H2,1H3,(H2,24,28)(H2,26,27,29). The highest BCUT2D eigenvalue weighted by Gasteiger charge is 2.13. The first-order chi connectivity index (χ1) is 15.0. The van der Waals surface area contributed by atoms with Gasteiger partial charge < -0.3 is 25.8 Å². The summed E-state index contributed by atoms with van der Waals surface area (Å²) in [6.07, 6.45) is 4.73. The van der Waals surface area contributed by atoms with Gasteiger partial charge in [0.1, 0.15) is 11.4 Å². The normalized spacial score (nSPS) is 12.0. The molecule has 4 N–H and O–H groups in total. The number of ether oxygens (including phenoxy) is 2. The smallest absolute Gasteiger partial charge is 0.323 e. The average Bonchev–Trinajstić information content (AvgIpc) is 3.23. The Labute approximate surface area is 179 Å². The molecule has 0 fully saturated rings. The zero-order valence-electron chi connectivity index (χ0n) is 17.0. The molecule has 0 saturated heterocycles. The first-order valence-corrected chi connectivity index (χ1v) is 9.83. The van der Waals surface area contributed by atoms with Gasteiger partial charge in [-0.3, -0.25) is 9.78 Å². The molecule has 3 aromatic rings. The molecule has 8 nitrogen and oxygen atoms in total. The van der Waals surface area contributed by atoms with Gasteiger partial charge in [0.25, 0.3) is 5.91 Å². The number of nitrogens with one attached hydrogen (secondary N) is 2. The highest BCUT2D eigenvalue weighted by Crippen LogP contribution is 2.34. The fourth-order valence-corrected chi connectivity index (χ4v) is 3.51. The third kappa shape index (κ3) is 4.75. The summed E-state index contributed by atoms with van der Waals surface area (Å²) in [5.74, 6) is 0.560. The van der Waals surface area contributed by atoms with Crippen LogP contribution in [0.3, 0.4) is 0 Å². The number of aromatic nitrogens is 1. The van der Waals surface area contributed by atoms with Crippen molar-refractivity contribution in [1.29, 1.82) is 0 Å². The number of anilines is 2. The fraction of sp³-hybridized carbons (Fsp3) is 0.174. The summed E-state index contributed by atoms with van der Waals surface area (Å²) in [7, 11) is 1.50. The molecule has 2 aromatic carbocycles. The number of pyridine rings is 1. The number of benzene rings is 2. The van der Waals surface area contributed by atoms with Crippen LogP contribution in [0.5, 0.6) is 17.2 Å². The molecule has 0 aliphatic heterocycles. The summed E-state index contributed by atoms with van der Waals surface area (Å²) in [6.45, 7) is 0. The second-order valence-electron chi connectivity index (χ2n) is 7.12. The van der Waals surface area contributed by atoms with Crippen LogP contribution in [0.25, 0.3) is 0 Å². The van der Waals surface area contributed by atoms with E-state index in [1.165, 1.54) is 30.5 Å². The topological polar surface area (TPSA) is 116 Å². The molecule has 0 saturated carbocycles. The second kappa shape index (κ2) is 8.74. The van der Waals surface area contributed by atoms with E-state index in [4.69, 9.17) is 15.2 Å². The summed E-state index contributed by atoms with van der Waals surface area (Å²) in [5.41, 5.74) is 9.28. The Bertz CT molecular complexity index is 1150. The van der Waals surface area contributed by atoms with Crippen LogP contribution in [0.1, 0.15) is 28.0 Å². The first kappa shape index (κ1) is 20.2. The Hall–Kier alpha value is -4.07. The minimum absolute atomic E-state index is 0.0954. The molecule has 1 aliphatic rings. The number of hydrogen-bond acceptors (Lipinski definition) is 5. The molecular weight excluding hydrogens is 396 g/mol. The van der Waals surface area contributed by atoms with E-state index in [0.717, 1.165) is 24.9 Å². The number of carbonyl (C=O) groups excluding carboxylic acids is 2. The third-order valence-corrected chi connectivity index (χ3v) is 4.99. The predicted octanol–water partition coefficient (Wildman–Crippen LogP) is 4.11. The van der Waals surface area contributed by atoms with Crippen molar-refractivity contribution in [2.45, 2.75) is 19.3 Å². The van der Waals surface area contributed by atoms with Gasteiger partial charge in [-0.05, 0) is 60.7 Å². The molecule has 0 atom stereocenters. The number of rotatable bonds is 6. The Morgan fingerprint density at radius 1 is 0.935 bits per heavy atom. The van der Waals surface area contributed by atoms with E-state index in [9.17, 15) is 9.59 Å². The molecule has 158 valence electrons. The maximum absolute atomic E-state index is 12.4. The number of primary amides is 1. The fourth-order valence-electron chi connectivity index (χ4n) is 3.51. The number of fused-ring (bicyclic) bond motifs is 1. The van der Waals surface area contributed by atoms with Crippen molar-refractivity contribution in [3.05, 3.63) is 71.5 Å². The van der Waals surface area contributed by atoms with E-state index in [1.807, 2.05) is 12.1 Å². The van der Waals surface area contributed by atoms with Crippen LogP contribution < -0.4 is 25.8 Å². The first-order valence-electron chi connectivity index (χ1n) is 9.83. The van der Waals surface area contributed by atoms with Gasteiger partial charge in [0, 0.05) is 29.7 Å². The zero-order chi connectivity index (χ0) is 21.8. The van der Waals surface area contributed by atoms with E-state index < -0.39 is 5.91 Å². The Kier molecular flexibility index (Phi) is 5.70. The van der Waals surface area contributed by atoms with E-state index in [1.54, 1.807) is 24.3 Å². The van der Waals surface area contributed by atoms with Crippen LogP contribution in [0, 0.1) is 0 Å². The number of hydrogen-bond donors (Lipinski definition) is 3. The van der Waals surface area contributed by atoms with Crippen LogP contribution in [0.15, 0.2) is 54.7 Å². The maximum atomic E-state index is 12.4. The van der Waals surface area contributed by atoms with Crippen LogP contribution >= 0.6 is 0 Å². The number of nitrogens with two attached hydrogens (primary N) is 1. The van der Waals surface area contributed by atoms with Gasteiger partial charge in [-0.15, -0.1) is 0 Å². The lowest BCUT2D eigenvalue weighted by atomic mass is 10.1. The monoisotopic (exact) mass is 418 g/mol. The third-order valence-electron chi connectivity index (χ3n) is 4.99. The highest BCUT2D eigenvalue weighted by atomic mass is 16.5. The minimum atomic E-state index is -0.647. The van der Waals surface area contributed by atoms with Gasteiger partial charge in [0.15, 0.2) is 11.5 Å². The lowest BCUT2D eigenvalue weighted by Crippen LogP contribution is -2.19. The number of nitrogens with zero attached hydrogens (tertiary/aromatic N) is 1. The summed E-state index contributed by atoms with van der Waals surface area (Å²) >= 11 is 0. The minimum Gasteiger partial charge on any atom is -0.493 e. The highest BCUT2D eigenvalue weighted by molar-refractivity contribution is 6.00. The predicted molar refractivity (Wildman–Crippen MR) is 117 cm³/mol. The van der Waals surface area contributed by atoms with E-state index in [0.29, 0.717) is 22.9 Å². The molecule has 0 unspecified atom stereocenters. The van der Waals surface area contributed by atoms with Crippen molar-refractivity contribution < 1.29 is 19.1 Å². The van der Waals surface area contributed by atoms with Crippen molar-refractivity contribution in [1.82, 2.24) is 4.98 Å². The van der Waals surface area contributed by atoms with Crippen molar-refractivity contribution in [2.75, 3.05) is 17.7 Å².